The molecule has 0 radical (unpaired) electrons. The fourth-order valence-electron chi connectivity index (χ4n) is 1.80. The molecule has 1 aromatic rings. The molecule has 0 aromatic carbocycles. The molecule has 0 fully saturated rings. The highest BCUT2D eigenvalue weighted by atomic mass is 32.2. The number of ether oxygens (including phenoxy) is 1. The summed E-state index contributed by atoms with van der Waals surface area (Å²) in [6, 6.07) is 1.39. The Labute approximate surface area is 127 Å². The standard InChI is InChI=1S/C14H25N3O3S/c1-5-7-16-12-6-8-15-9-14(12)21(18,19)17-13(10-20-4)11(2)3/h6,8-9,11,13,17H,5,7,10H2,1-4H3,(H,15,16). The fraction of sp³-hybridized carbons (Fsp3) is 0.643. The Morgan fingerprint density at radius 1 is 1.38 bits per heavy atom. The Bertz CT molecular complexity index is 532. The first-order valence-corrected chi connectivity index (χ1v) is 8.59. The predicted octanol–water partition coefficient (Wildman–Crippen LogP) is 1.85. The van der Waals surface area contributed by atoms with Crippen LogP contribution >= 0.6 is 0 Å². The molecule has 1 heterocycles. The molecule has 0 amide bonds. The van der Waals surface area contributed by atoms with Crippen molar-refractivity contribution in [2.75, 3.05) is 25.6 Å². The Morgan fingerprint density at radius 2 is 2.10 bits per heavy atom. The van der Waals surface area contributed by atoms with E-state index in [1.807, 2.05) is 20.8 Å². The third kappa shape index (κ3) is 5.26. The molecule has 1 atom stereocenters. The molecule has 1 unspecified atom stereocenters. The number of sulfonamides is 1. The molecule has 0 saturated carbocycles. The van der Waals surface area contributed by atoms with Crippen LogP contribution in [0.2, 0.25) is 0 Å². The fourth-order valence-corrected chi connectivity index (χ4v) is 3.30. The molecule has 120 valence electrons. The molecule has 0 bridgehead atoms. The number of rotatable bonds is 9. The monoisotopic (exact) mass is 315 g/mol. The van der Waals surface area contributed by atoms with Gasteiger partial charge in [0.25, 0.3) is 0 Å². The van der Waals surface area contributed by atoms with Crippen molar-refractivity contribution >= 4 is 15.7 Å². The highest BCUT2D eigenvalue weighted by Gasteiger charge is 2.24. The van der Waals surface area contributed by atoms with Gasteiger partial charge in [-0.05, 0) is 18.4 Å². The summed E-state index contributed by atoms with van der Waals surface area (Å²) >= 11 is 0. The van der Waals surface area contributed by atoms with E-state index in [9.17, 15) is 8.42 Å². The van der Waals surface area contributed by atoms with Gasteiger partial charge in [0.15, 0.2) is 0 Å². The summed E-state index contributed by atoms with van der Waals surface area (Å²) in [6.45, 7) is 6.96. The number of anilines is 1. The average Bonchev–Trinajstić information content (AvgIpc) is 2.44. The number of methoxy groups -OCH3 is 1. The zero-order valence-electron chi connectivity index (χ0n) is 13.1. The van der Waals surface area contributed by atoms with Crippen molar-refractivity contribution in [2.45, 2.75) is 38.1 Å². The highest BCUT2D eigenvalue weighted by molar-refractivity contribution is 7.89. The van der Waals surface area contributed by atoms with Crippen LogP contribution in [0.25, 0.3) is 0 Å². The Kier molecular flexibility index (Phi) is 7.07. The van der Waals surface area contributed by atoms with E-state index in [1.165, 1.54) is 6.20 Å². The predicted molar refractivity (Wildman–Crippen MR) is 83.8 cm³/mol. The molecule has 2 N–H and O–H groups in total. The van der Waals surface area contributed by atoms with E-state index in [4.69, 9.17) is 4.74 Å². The second-order valence-corrected chi connectivity index (χ2v) is 6.91. The van der Waals surface area contributed by atoms with Crippen molar-refractivity contribution in [1.82, 2.24) is 9.71 Å². The molecule has 0 aliphatic heterocycles. The first-order chi connectivity index (χ1) is 9.92. The zero-order valence-corrected chi connectivity index (χ0v) is 13.9. The van der Waals surface area contributed by atoms with Gasteiger partial charge in [-0.2, -0.15) is 0 Å². The average molecular weight is 315 g/mol. The van der Waals surface area contributed by atoms with E-state index in [-0.39, 0.29) is 16.9 Å². The van der Waals surface area contributed by atoms with Crippen molar-refractivity contribution in [3.63, 3.8) is 0 Å². The summed E-state index contributed by atoms with van der Waals surface area (Å²) in [5.41, 5.74) is 0.569. The van der Waals surface area contributed by atoms with Crippen molar-refractivity contribution in [1.29, 1.82) is 0 Å². The normalized spacial score (nSPS) is 13.4. The molecule has 0 aliphatic rings. The van der Waals surface area contributed by atoms with Gasteiger partial charge in [-0.25, -0.2) is 13.1 Å². The van der Waals surface area contributed by atoms with Crippen LogP contribution in [-0.4, -0.2) is 39.7 Å². The quantitative estimate of drug-likeness (QED) is 0.727. The molecule has 0 spiro atoms. The summed E-state index contributed by atoms with van der Waals surface area (Å²) in [6.07, 6.45) is 3.85. The molecule has 0 saturated heterocycles. The molecule has 21 heavy (non-hydrogen) atoms. The van der Waals surface area contributed by atoms with Crippen LogP contribution in [0, 0.1) is 5.92 Å². The van der Waals surface area contributed by atoms with Crippen molar-refractivity contribution < 1.29 is 13.2 Å². The van der Waals surface area contributed by atoms with Crippen LogP contribution in [0.1, 0.15) is 27.2 Å². The number of pyridine rings is 1. The maximum Gasteiger partial charge on any atom is 0.244 e. The van der Waals surface area contributed by atoms with Crippen LogP contribution in [0.3, 0.4) is 0 Å². The van der Waals surface area contributed by atoms with Crippen molar-refractivity contribution in [3.8, 4) is 0 Å². The topological polar surface area (TPSA) is 80.3 Å². The lowest BCUT2D eigenvalue weighted by Crippen LogP contribution is -2.41. The zero-order chi connectivity index (χ0) is 15.9. The SMILES string of the molecule is CCCNc1ccncc1S(=O)(=O)NC(COC)C(C)C. The van der Waals surface area contributed by atoms with Crippen LogP contribution in [-0.2, 0) is 14.8 Å². The lowest BCUT2D eigenvalue weighted by Gasteiger charge is -2.22. The van der Waals surface area contributed by atoms with Gasteiger partial charge in [-0.15, -0.1) is 0 Å². The van der Waals surface area contributed by atoms with Crippen LogP contribution < -0.4 is 10.0 Å². The van der Waals surface area contributed by atoms with E-state index in [0.717, 1.165) is 6.42 Å². The van der Waals surface area contributed by atoms with Gasteiger partial charge < -0.3 is 10.1 Å². The summed E-state index contributed by atoms with van der Waals surface area (Å²) in [7, 11) is -2.09. The number of nitrogens with one attached hydrogen (secondary N) is 2. The first-order valence-electron chi connectivity index (χ1n) is 7.11. The smallest absolute Gasteiger partial charge is 0.244 e. The second kappa shape index (κ2) is 8.31. The van der Waals surface area contributed by atoms with Crippen LogP contribution in [0.4, 0.5) is 5.69 Å². The van der Waals surface area contributed by atoms with E-state index in [1.54, 1.807) is 19.4 Å². The van der Waals surface area contributed by atoms with E-state index in [0.29, 0.717) is 18.8 Å². The molecule has 1 aromatic heterocycles. The van der Waals surface area contributed by atoms with Gasteiger partial charge in [-0.1, -0.05) is 20.8 Å². The van der Waals surface area contributed by atoms with Crippen LogP contribution in [0.5, 0.6) is 0 Å². The van der Waals surface area contributed by atoms with Gasteiger partial charge in [0.05, 0.1) is 12.3 Å². The van der Waals surface area contributed by atoms with E-state index in [2.05, 4.69) is 15.0 Å². The van der Waals surface area contributed by atoms with Crippen LogP contribution in [0.15, 0.2) is 23.4 Å². The highest BCUT2D eigenvalue weighted by Crippen LogP contribution is 2.20. The van der Waals surface area contributed by atoms with Gasteiger partial charge in [0, 0.05) is 32.1 Å². The third-order valence-electron chi connectivity index (χ3n) is 3.10. The maximum absolute atomic E-state index is 12.6. The second-order valence-electron chi connectivity index (χ2n) is 5.23. The lowest BCUT2D eigenvalue weighted by molar-refractivity contribution is 0.157. The Balaban J connectivity index is 3.01. The molecular formula is C14H25N3O3S. The Morgan fingerprint density at radius 3 is 2.67 bits per heavy atom. The number of nitrogens with zero attached hydrogens (tertiary/aromatic N) is 1. The van der Waals surface area contributed by atoms with Gasteiger partial charge in [0.2, 0.25) is 10.0 Å². The van der Waals surface area contributed by atoms with Crippen molar-refractivity contribution in [2.24, 2.45) is 5.92 Å². The Hall–Kier alpha value is -1.18. The lowest BCUT2D eigenvalue weighted by atomic mass is 10.1. The molecular weight excluding hydrogens is 290 g/mol. The minimum absolute atomic E-state index is 0.128. The number of aromatic nitrogens is 1. The van der Waals surface area contributed by atoms with Gasteiger partial charge in [-0.3, -0.25) is 4.98 Å². The molecule has 7 heteroatoms. The van der Waals surface area contributed by atoms with Gasteiger partial charge in [0.1, 0.15) is 4.90 Å². The number of hydrogen-bond acceptors (Lipinski definition) is 5. The first kappa shape index (κ1) is 17.9. The van der Waals surface area contributed by atoms with Crippen molar-refractivity contribution in [3.05, 3.63) is 18.5 Å². The molecule has 0 aliphatic carbocycles. The summed E-state index contributed by atoms with van der Waals surface area (Å²) in [4.78, 5) is 4.09. The largest absolute Gasteiger partial charge is 0.384 e. The summed E-state index contributed by atoms with van der Waals surface area (Å²) < 4.78 is 32.9. The maximum atomic E-state index is 12.6. The third-order valence-corrected chi connectivity index (χ3v) is 4.61. The summed E-state index contributed by atoms with van der Waals surface area (Å²) in [5.74, 6) is 0.128. The van der Waals surface area contributed by atoms with E-state index >= 15 is 0 Å². The molecule has 6 nitrogen and oxygen atoms in total. The van der Waals surface area contributed by atoms with Gasteiger partial charge >= 0.3 is 0 Å². The number of hydrogen-bond donors (Lipinski definition) is 2. The minimum Gasteiger partial charge on any atom is -0.384 e. The molecule has 1 rings (SSSR count). The summed E-state index contributed by atoms with van der Waals surface area (Å²) in [5, 5.41) is 3.11. The van der Waals surface area contributed by atoms with E-state index < -0.39 is 10.0 Å². The minimum atomic E-state index is -3.64.